The van der Waals surface area contributed by atoms with Gasteiger partial charge in [0.1, 0.15) is 23.4 Å². The molecule has 1 fully saturated rings. The average molecular weight is 520 g/mol. The minimum Gasteiger partial charge on any atom is -0.508 e. The molecule has 1 aliphatic rings. The minimum atomic E-state index is -0.941. The second-order valence-corrected chi connectivity index (χ2v) is 9.63. The Morgan fingerprint density at radius 2 is 1.42 bits per heavy atom. The summed E-state index contributed by atoms with van der Waals surface area (Å²) in [5.41, 5.74) is 12.7. The van der Waals surface area contributed by atoms with Crippen LogP contribution in [0.3, 0.4) is 0 Å². The predicted octanol–water partition coefficient (Wildman–Crippen LogP) is 2.76. The molecule has 1 heterocycles. The molecule has 3 atom stereocenters. The first kappa shape index (κ1) is 27.0. The lowest BCUT2D eigenvalue weighted by atomic mass is 9.67. The first-order valence-corrected chi connectivity index (χ1v) is 12.3. The van der Waals surface area contributed by atoms with Crippen LogP contribution in [0, 0.1) is 24.6 Å². The summed E-state index contributed by atoms with van der Waals surface area (Å²) in [5, 5.41) is 20.0. The van der Waals surface area contributed by atoms with Crippen LogP contribution in [0.4, 0.5) is 4.39 Å². The van der Waals surface area contributed by atoms with E-state index in [1.165, 1.54) is 48.5 Å². The van der Waals surface area contributed by atoms with Gasteiger partial charge in [0.25, 0.3) is 0 Å². The van der Waals surface area contributed by atoms with Crippen molar-refractivity contribution in [2.75, 3.05) is 19.6 Å². The molecule has 4 rings (SSSR count). The maximum Gasteiger partial charge on any atom is 0.236 e. The summed E-state index contributed by atoms with van der Waals surface area (Å²) in [5.74, 6) is -4.75. The van der Waals surface area contributed by atoms with Crippen molar-refractivity contribution in [3.05, 3.63) is 94.8 Å². The van der Waals surface area contributed by atoms with E-state index in [1.54, 1.807) is 30.0 Å². The standard InChI is InChI=1S/C29H30FN3O5/c1-16-21(9-4-10-24(16)30)26-22(27(36)17-5-2-7-19(34)11-17)14-33(25(13-31)29(32)38)15-23(26)28(37)18-6-3-8-20(35)12-18/h2-12,22-23,25-26,34-35H,13-15,31H2,1H3,(H2,32,38)/t22-,23-,25-/m0/s1. The highest BCUT2D eigenvalue weighted by atomic mass is 19.1. The van der Waals surface area contributed by atoms with Gasteiger partial charge in [-0.25, -0.2) is 4.39 Å². The van der Waals surface area contributed by atoms with Crippen LogP contribution in [0.25, 0.3) is 0 Å². The number of piperidine rings is 1. The molecule has 8 nitrogen and oxygen atoms in total. The molecule has 1 aliphatic heterocycles. The van der Waals surface area contributed by atoms with E-state index in [0.29, 0.717) is 11.1 Å². The van der Waals surface area contributed by atoms with Crippen LogP contribution in [0.5, 0.6) is 11.5 Å². The van der Waals surface area contributed by atoms with Crippen LogP contribution in [0.1, 0.15) is 37.8 Å². The third-order valence-corrected chi connectivity index (χ3v) is 7.33. The number of hydrogen-bond donors (Lipinski definition) is 4. The Labute approximate surface area is 219 Å². The van der Waals surface area contributed by atoms with Gasteiger partial charge in [-0.1, -0.05) is 36.4 Å². The zero-order valence-electron chi connectivity index (χ0n) is 20.9. The number of halogens is 1. The molecule has 0 saturated carbocycles. The summed E-state index contributed by atoms with van der Waals surface area (Å²) in [6, 6.07) is 15.3. The molecular formula is C29H30FN3O5. The third kappa shape index (κ3) is 5.29. The molecule has 0 spiro atoms. The normalized spacial score (nSPS) is 19.1. The van der Waals surface area contributed by atoms with Gasteiger partial charge in [-0.05, 0) is 48.4 Å². The zero-order valence-corrected chi connectivity index (χ0v) is 20.9. The number of phenolic OH excluding ortho intramolecular Hbond substituents is 2. The number of nitrogens with two attached hydrogens (primary N) is 2. The highest BCUT2D eigenvalue weighted by molar-refractivity contribution is 6.02. The number of primary amides is 1. The van der Waals surface area contributed by atoms with E-state index in [9.17, 15) is 29.0 Å². The number of amides is 1. The number of hydrogen-bond acceptors (Lipinski definition) is 7. The van der Waals surface area contributed by atoms with Gasteiger partial charge >= 0.3 is 0 Å². The highest BCUT2D eigenvalue weighted by Gasteiger charge is 2.47. The average Bonchev–Trinajstić information content (AvgIpc) is 2.89. The van der Waals surface area contributed by atoms with Crippen molar-refractivity contribution in [2.45, 2.75) is 18.9 Å². The van der Waals surface area contributed by atoms with Gasteiger partial charge in [0.05, 0.1) is 0 Å². The van der Waals surface area contributed by atoms with Crippen LogP contribution in [0.15, 0.2) is 66.7 Å². The van der Waals surface area contributed by atoms with E-state index < -0.39 is 35.5 Å². The Kier molecular flexibility index (Phi) is 7.89. The SMILES string of the molecule is Cc1c(F)cccc1C1[C@@H](C(=O)c2cccc(O)c2)CN([C@@H](CN)C(N)=O)C[C@@H]1C(=O)c1cccc(O)c1. The molecule has 3 aromatic rings. The first-order chi connectivity index (χ1) is 18.1. The number of rotatable bonds is 8. The number of phenols is 2. The molecule has 0 aliphatic carbocycles. The molecule has 1 saturated heterocycles. The van der Waals surface area contributed by atoms with Crippen molar-refractivity contribution in [1.29, 1.82) is 0 Å². The Balaban J connectivity index is 1.91. The maximum absolute atomic E-state index is 14.8. The molecular weight excluding hydrogens is 489 g/mol. The summed E-state index contributed by atoms with van der Waals surface area (Å²) in [7, 11) is 0. The second-order valence-electron chi connectivity index (χ2n) is 9.63. The van der Waals surface area contributed by atoms with Crippen molar-refractivity contribution in [3.8, 4) is 11.5 Å². The lowest BCUT2D eigenvalue weighted by molar-refractivity contribution is -0.124. The number of aromatic hydroxyl groups is 2. The van der Waals surface area contributed by atoms with Crippen LogP contribution in [0.2, 0.25) is 0 Å². The summed E-state index contributed by atoms with van der Waals surface area (Å²) in [4.78, 5) is 41.9. The summed E-state index contributed by atoms with van der Waals surface area (Å²) < 4.78 is 14.8. The molecule has 6 N–H and O–H groups in total. The minimum absolute atomic E-state index is 0.0315. The summed E-state index contributed by atoms with van der Waals surface area (Å²) >= 11 is 0. The van der Waals surface area contributed by atoms with Crippen molar-refractivity contribution in [1.82, 2.24) is 4.90 Å². The molecule has 3 aromatic carbocycles. The molecule has 0 radical (unpaired) electrons. The number of benzene rings is 3. The number of carbonyl (C=O) groups excluding carboxylic acids is 3. The topological polar surface area (TPSA) is 147 Å². The fourth-order valence-electron chi connectivity index (χ4n) is 5.44. The Morgan fingerprint density at radius 3 is 1.87 bits per heavy atom. The van der Waals surface area contributed by atoms with Gasteiger partial charge in [0.2, 0.25) is 5.91 Å². The van der Waals surface area contributed by atoms with Crippen molar-refractivity contribution < 1.29 is 29.0 Å². The summed E-state index contributed by atoms with van der Waals surface area (Å²) in [6.45, 7) is 1.53. The highest BCUT2D eigenvalue weighted by Crippen LogP contribution is 2.43. The molecule has 198 valence electrons. The molecule has 0 unspecified atom stereocenters. The smallest absolute Gasteiger partial charge is 0.236 e. The maximum atomic E-state index is 14.8. The third-order valence-electron chi connectivity index (χ3n) is 7.33. The van der Waals surface area contributed by atoms with Gasteiger partial charge in [0, 0.05) is 48.5 Å². The van der Waals surface area contributed by atoms with Crippen molar-refractivity contribution >= 4 is 17.5 Å². The van der Waals surface area contributed by atoms with E-state index in [4.69, 9.17) is 11.5 Å². The van der Waals surface area contributed by atoms with E-state index in [-0.39, 0.29) is 53.8 Å². The fraction of sp³-hybridized carbons (Fsp3) is 0.276. The van der Waals surface area contributed by atoms with Gasteiger partial charge in [0.15, 0.2) is 11.6 Å². The van der Waals surface area contributed by atoms with E-state index in [0.717, 1.165) is 0 Å². The van der Waals surface area contributed by atoms with Gasteiger partial charge < -0.3 is 21.7 Å². The molecule has 38 heavy (non-hydrogen) atoms. The predicted molar refractivity (Wildman–Crippen MR) is 139 cm³/mol. The van der Waals surface area contributed by atoms with Crippen LogP contribution in [-0.2, 0) is 4.79 Å². The fourth-order valence-corrected chi connectivity index (χ4v) is 5.44. The summed E-state index contributed by atoms with van der Waals surface area (Å²) in [6.07, 6.45) is 0. The van der Waals surface area contributed by atoms with Crippen molar-refractivity contribution in [2.24, 2.45) is 23.3 Å². The van der Waals surface area contributed by atoms with Crippen LogP contribution >= 0.6 is 0 Å². The Bertz CT molecular complexity index is 1310. The zero-order chi connectivity index (χ0) is 27.6. The molecule has 0 aromatic heterocycles. The number of likely N-dealkylation sites (tertiary alicyclic amines) is 1. The second kappa shape index (κ2) is 11.1. The quantitative estimate of drug-likeness (QED) is 0.335. The van der Waals surface area contributed by atoms with Gasteiger partial charge in [-0.15, -0.1) is 0 Å². The lowest BCUT2D eigenvalue weighted by Crippen LogP contribution is -2.58. The number of ketones is 2. The Hall–Kier alpha value is -4.08. The van der Waals surface area contributed by atoms with Gasteiger partial charge in [-0.3, -0.25) is 19.3 Å². The van der Waals surface area contributed by atoms with Crippen LogP contribution in [-0.4, -0.2) is 58.3 Å². The monoisotopic (exact) mass is 519 g/mol. The number of nitrogens with zero attached hydrogens (tertiary/aromatic N) is 1. The van der Waals surface area contributed by atoms with Crippen LogP contribution < -0.4 is 11.5 Å². The Morgan fingerprint density at radius 1 is 0.921 bits per heavy atom. The largest absolute Gasteiger partial charge is 0.508 e. The lowest BCUT2D eigenvalue weighted by Gasteiger charge is -2.45. The van der Waals surface area contributed by atoms with Crippen molar-refractivity contribution in [3.63, 3.8) is 0 Å². The number of Topliss-reactive ketones (excluding diaryl/α,β-unsaturated/α-hetero) is 2. The first-order valence-electron chi connectivity index (χ1n) is 12.3. The molecule has 9 heteroatoms. The van der Waals surface area contributed by atoms with Gasteiger partial charge in [-0.2, -0.15) is 0 Å². The van der Waals surface area contributed by atoms with E-state index in [2.05, 4.69) is 0 Å². The van der Waals surface area contributed by atoms with E-state index in [1.807, 2.05) is 0 Å². The molecule has 0 bridgehead atoms. The number of carbonyl (C=O) groups is 3. The van der Waals surface area contributed by atoms with E-state index >= 15 is 0 Å². The molecule has 1 amide bonds.